The van der Waals surface area contributed by atoms with Gasteiger partial charge >= 0.3 is 0 Å². The minimum Gasteiger partial charge on any atom is -0.454 e. The Morgan fingerprint density at radius 3 is 1.87 bits per heavy atom. The highest BCUT2D eigenvalue weighted by molar-refractivity contribution is 6.16. The number of nitrogens with zero attached hydrogens (tertiary/aromatic N) is 2. The lowest BCUT2D eigenvalue weighted by Gasteiger charge is -2.27. The van der Waals surface area contributed by atoms with Gasteiger partial charge in [-0.25, -0.2) is 0 Å². The van der Waals surface area contributed by atoms with Crippen molar-refractivity contribution in [2.45, 2.75) is 0 Å². The topological polar surface area (TPSA) is 29.3 Å². The minimum atomic E-state index is 0.811. The van der Waals surface area contributed by atoms with Crippen LogP contribution in [0.4, 0.5) is 17.1 Å². The fraction of sp³-hybridized carbons (Fsp3) is 0. The van der Waals surface area contributed by atoms with Crippen LogP contribution in [0.3, 0.4) is 0 Å². The van der Waals surface area contributed by atoms with Crippen molar-refractivity contribution in [1.29, 1.82) is 0 Å². The molecule has 9 aromatic rings. The number of anilines is 3. The molecule has 0 aliphatic carbocycles. The number of benzene rings is 7. The molecular formula is C43H28N2O. The number of pyridine rings is 1. The third-order valence-electron chi connectivity index (χ3n) is 8.93. The van der Waals surface area contributed by atoms with Gasteiger partial charge in [0.1, 0.15) is 11.1 Å². The molecule has 46 heavy (non-hydrogen) atoms. The van der Waals surface area contributed by atoms with Crippen molar-refractivity contribution in [3.05, 3.63) is 170 Å². The number of para-hydroxylation sites is 1. The van der Waals surface area contributed by atoms with Crippen LogP contribution in [0.1, 0.15) is 0 Å². The molecule has 3 heteroatoms. The van der Waals surface area contributed by atoms with Crippen molar-refractivity contribution in [2.24, 2.45) is 0 Å². The molecule has 2 heterocycles. The molecule has 0 radical (unpaired) electrons. The van der Waals surface area contributed by atoms with E-state index in [0.717, 1.165) is 49.9 Å². The van der Waals surface area contributed by atoms with Crippen molar-refractivity contribution in [2.75, 3.05) is 4.90 Å². The molecule has 2 aromatic heterocycles. The van der Waals surface area contributed by atoms with E-state index >= 15 is 0 Å². The number of aromatic nitrogens is 1. The summed E-state index contributed by atoms with van der Waals surface area (Å²) in [7, 11) is 0. The fourth-order valence-electron chi connectivity index (χ4n) is 6.70. The van der Waals surface area contributed by atoms with Gasteiger partial charge in [0.25, 0.3) is 0 Å². The summed E-state index contributed by atoms with van der Waals surface area (Å²) in [4.78, 5) is 7.17. The summed E-state index contributed by atoms with van der Waals surface area (Å²) in [5.74, 6) is 0. The predicted octanol–water partition coefficient (Wildman–Crippen LogP) is 12.1. The summed E-state index contributed by atoms with van der Waals surface area (Å²) in [5.41, 5.74) is 10.5. The molecule has 0 spiro atoms. The van der Waals surface area contributed by atoms with Crippen LogP contribution in [0, 0.1) is 0 Å². The molecule has 3 nitrogen and oxygen atoms in total. The molecule has 0 aliphatic rings. The minimum absolute atomic E-state index is 0.811. The zero-order chi connectivity index (χ0) is 30.5. The molecule has 9 rings (SSSR count). The molecular weight excluding hydrogens is 560 g/mol. The number of fused-ring (bicyclic) bond motifs is 6. The Labute approximate surface area is 266 Å². The highest BCUT2D eigenvalue weighted by atomic mass is 16.3. The van der Waals surface area contributed by atoms with Gasteiger partial charge in [0.2, 0.25) is 0 Å². The van der Waals surface area contributed by atoms with Crippen molar-refractivity contribution in [3.63, 3.8) is 0 Å². The van der Waals surface area contributed by atoms with E-state index in [9.17, 15) is 0 Å². The first-order valence-electron chi connectivity index (χ1n) is 15.5. The first kappa shape index (κ1) is 26.2. The van der Waals surface area contributed by atoms with E-state index in [1.165, 1.54) is 33.0 Å². The monoisotopic (exact) mass is 588 g/mol. The molecule has 0 aliphatic heterocycles. The maximum atomic E-state index is 6.40. The lowest BCUT2D eigenvalue weighted by atomic mass is 9.98. The van der Waals surface area contributed by atoms with Gasteiger partial charge in [-0.05, 0) is 81.6 Å². The molecule has 0 unspecified atom stereocenters. The van der Waals surface area contributed by atoms with Gasteiger partial charge in [0, 0.05) is 33.7 Å². The van der Waals surface area contributed by atoms with Crippen LogP contribution in [0.25, 0.3) is 65.9 Å². The molecule has 0 bridgehead atoms. The molecule has 0 atom stereocenters. The van der Waals surface area contributed by atoms with Crippen LogP contribution in [0.2, 0.25) is 0 Å². The normalized spacial score (nSPS) is 11.5. The largest absolute Gasteiger partial charge is 0.454 e. The van der Waals surface area contributed by atoms with E-state index < -0.39 is 0 Å². The van der Waals surface area contributed by atoms with E-state index in [1.807, 2.05) is 24.4 Å². The van der Waals surface area contributed by atoms with Crippen molar-refractivity contribution in [1.82, 2.24) is 4.98 Å². The molecule has 0 saturated carbocycles. The van der Waals surface area contributed by atoms with Crippen LogP contribution in [-0.2, 0) is 0 Å². The summed E-state index contributed by atoms with van der Waals surface area (Å²) < 4.78 is 6.40. The second kappa shape index (κ2) is 10.8. The maximum absolute atomic E-state index is 6.40. The fourth-order valence-corrected chi connectivity index (χ4v) is 6.70. The van der Waals surface area contributed by atoms with E-state index in [1.54, 1.807) is 0 Å². The van der Waals surface area contributed by atoms with Crippen LogP contribution < -0.4 is 4.90 Å². The van der Waals surface area contributed by atoms with E-state index in [2.05, 4.69) is 150 Å². The summed E-state index contributed by atoms with van der Waals surface area (Å²) >= 11 is 0. The van der Waals surface area contributed by atoms with Gasteiger partial charge in [-0.1, -0.05) is 115 Å². The first-order valence-corrected chi connectivity index (χ1v) is 15.5. The van der Waals surface area contributed by atoms with Gasteiger partial charge < -0.3 is 9.32 Å². The molecule has 0 fully saturated rings. The van der Waals surface area contributed by atoms with Gasteiger partial charge in [0.05, 0.1) is 5.69 Å². The summed E-state index contributed by atoms with van der Waals surface area (Å²) in [5, 5.41) is 5.69. The van der Waals surface area contributed by atoms with Crippen LogP contribution in [-0.4, -0.2) is 4.98 Å². The third-order valence-corrected chi connectivity index (χ3v) is 8.93. The third kappa shape index (κ3) is 4.33. The number of hydrogen-bond acceptors (Lipinski definition) is 3. The second-order valence-corrected chi connectivity index (χ2v) is 11.6. The smallest absolute Gasteiger partial charge is 0.161 e. The molecule has 216 valence electrons. The second-order valence-electron chi connectivity index (χ2n) is 11.6. The van der Waals surface area contributed by atoms with Gasteiger partial charge in [0.15, 0.2) is 5.58 Å². The van der Waals surface area contributed by atoms with Crippen LogP contribution >= 0.6 is 0 Å². The SMILES string of the molecule is c1ccc(-c2ccc(N(c3ccc(-c4cccc5ccccc45)cc3)c3ccnc4c3ccc3c5ccccc5oc34)cc2)cc1. The van der Waals surface area contributed by atoms with Crippen LogP contribution in [0.15, 0.2) is 174 Å². The lowest BCUT2D eigenvalue weighted by molar-refractivity contribution is 0.671. The Bertz CT molecular complexity index is 2510. The zero-order valence-corrected chi connectivity index (χ0v) is 25.0. The molecule has 0 saturated heterocycles. The quantitative estimate of drug-likeness (QED) is 0.200. The zero-order valence-electron chi connectivity index (χ0n) is 25.0. The summed E-state index contributed by atoms with van der Waals surface area (Å²) in [6, 6.07) is 57.9. The van der Waals surface area contributed by atoms with E-state index in [4.69, 9.17) is 9.40 Å². The number of furan rings is 1. The van der Waals surface area contributed by atoms with Crippen molar-refractivity contribution < 1.29 is 4.42 Å². The number of hydrogen-bond donors (Lipinski definition) is 0. The van der Waals surface area contributed by atoms with E-state index in [0.29, 0.717) is 0 Å². The Kier molecular flexibility index (Phi) is 6.14. The van der Waals surface area contributed by atoms with Crippen molar-refractivity contribution in [3.8, 4) is 22.3 Å². The average Bonchev–Trinajstić information content (AvgIpc) is 3.52. The van der Waals surface area contributed by atoms with Gasteiger partial charge in [-0.15, -0.1) is 0 Å². The maximum Gasteiger partial charge on any atom is 0.161 e. The molecule has 7 aromatic carbocycles. The Hall–Kier alpha value is -6.19. The Balaban J connectivity index is 1.22. The molecule has 0 amide bonds. The van der Waals surface area contributed by atoms with Crippen LogP contribution in [0.5, 0.6) is 0 Å². The molecule has 0 N–H and O–H groups in total. The standard InChI is InChI=1S/C43H28N2O/c1-2-9-29(10-3-1)30-17-21-33(22-18-30)45(34-23-19-32(20-24-34)36-15-8-12-31-11-4-5-13-35(31)36)40-27-28-44-42-39(40)26-25-38-37-14-6-7-16-41(37)46-43(38)42/h1-28H. The summed E-state index contributed by atoms with van der Waals surface area (Å²) in [6.07, 6.45) is 1.89. The van der Waals surface area contributed by atoms with Crippen molar-refractivity contribution >= 4 is 60.7 Å². The predicted molar refractivity (Wildman–Crippen MR) is 192 cm³/mol. The lowest BCUT2D eigenvalue weighted by Crippen LogP contribution is -2.10. The van der Waals surface area contributed by atoms with E-state index in [-0.39, 0.29) is 0 Å². The van der Waals surface area contributed by atoms with Gasteiger partial charge in [-0.2, -0.15) is 0 Å². The highest BCUT2D eigenvalue weighted by Gasteiger charge is 2.19. The summed E-state index contributed by atoms with van der Waals surface area (Å²) in [6.45, 7) is 0. The number of rotatable bonds is 5. The first-order chi connectivity index (χ1) is 22.8. The van der Waals surface area contributed by atoms with Gasteiger partial charge in [-0.3, -0.25) is 4.98 Å². The Morgan fingerprint density at radius 2 is 1.07 bits per heavy atom. The average molecular weight is 589 g/mol. The Morgan fingerprint density at radius 1 is 0.435 bits per heavy atom. The highest BCUT2D eigenvalue weighted by Crippen LogP contribution is 2.42.